The highest BCUT2D eigenvalue weighted by atomic mass is 31.0. The number of hydrogen-bond donors (Lipinski definition) is 1. The Kier molecular flexibility index (Phi) is 2.20. The summed E-state index contributed by atoms with van der Waals surface area (Å²) in [4.78, 5) is 9.35. The van der Waals surface area contributed by atoms with Gasteiger partial charge < -0.3 is 5.11 Å². The van der Waals surface area contributed by atoms with Crippen LogP contribution in [0.15, 0.2) is 0 Å². The Labute approximate surface area is 33.0 Å². The first kappa shape index (κ1) is 4.96. The fourth-order valence-corrected chi connectivity index (χ4v) is 0. The van der Waals surface area contributed by atoms with Crippen LogP contribution in [0.25, 0.3) is 0 Å². The minimum absolute atomic E-state index is 0.139. The lowest BCUT2D eigenvalue weighted by Crippen LogP contribution is -1.93. The van der Waals surface area contributed by atoms with Gasteiger partial charge in [-0.3, -0.25) is 4.79 Å². The van der Waals surface area contributed by atoms with Crippen LogP contribution in [0.4, 0.5) is 4.79 Å². The third-order valence-corrected chi connectivity index (χ3v) is 0.524. The maximum Gasteiger partial charge on any atom is 0.282 e. The summed E-state index contributed by atoms with van der Waals surface area (Å²) in [6.07, 6.45) is 0. The Morgan fingerprint density at radius 2 is 2.20 bits per heavy atom. The van der Waals surface area contributed by atoms with Gasteiger partial charge >= 0.3 is 0 Å². The van der Waals surface area contributed by atoms with Gasteiger partial charge in [-0.25, -0.2) is 0 Å². The Bertz CT molecular complexity index is 44.9. The Morgan fingerprint density at radius 3 is 2.20 bits per heavy atom. The number of carbonyl (C=O) groups is 1. The van der Waals surface area contributed by atoms with Crippen molar-refractivity contribution in [2.75, 3.05) is 0 Å². The van der Waals surface area contributed by atoms with Crippen LogP contribution in [0.3, 0.4) is 0 Å². The fraction of sp³-hybridized carbons (Fsp3) is 0. The smallest absolute Gasteiger partial charge is 0.282 e. The van der Waals surface area contributed by atoms with Gasteiger partial charge in [0, 0.05) is 0 Å². The van der Waals surface area contributed by atoms with Crippen molar-refractivity contribution in [2.45, 2.75) is 0 Å². The molecule has 0 heterocycles. The first-order valence-electron chi connectivity index (χ1n) is 1.19. The van der Waals surface area contributed by atoms with Crippen molar-refractivity contribution in [3.63, 3.8) is 0 Å². The predicted molar refractivity (Wildman–Crippen MR) is 24.9 cm³/mol. The molecule has 0 radical (unpaired) electrons. The van der Waals surface area contributed by atoms with E-state index in [1.54, 1.807) is 0 Å². The van der Waals surface area contributed by atoms with Crippen LogP contribution in [0, 0.1) is 0 Å². The van der Waals surface area contributed by atoms with Crippen LogP contribution in [-0.4, -0.2) is 18.0 Å². The second-order valence-corrected chi connectivity index (χ2v) is 1.01. The van der Waals surface area contributed by atoms with Gasteiger partial charge in [0.15, 0.2) is 0 Å². The zero-order valence-corrected chi connectivity index (χ0v) is 3.79. The van der Waals surface area contributed by atoms with E-state index in [2.05, 4.69) is 9.12 Å². The molecular weight excluding hydrogens is 85.8 g/mol. The molecule has 1 N–H and O–H groups in total. The molecule has 0 rings (SSSR count). The van der Waals surface area contributed by atoms with Gasteiger partial charge in [-0.15, -0.1) is 0 Å². The molecule has 0 saturated carbocycles. The van der Waals surface area contributed by atoms with Crippen molar-refractivity contribution in [3.05, 3.63) is 0 Å². The number of rotatable bonds is 1. The standard InChI is InChI=1S/CH4BO2P/c3-1(4)2-5/h2H,5H2,(H,3,4). The van der Waals surface area contributed by atoms with E-state index in [4.69, 9.17) is 5.11 Å². The van der Waals surface area contributed by atoms with E-state index in [1.165, 1.54) is 0 Å². The molecule has 0 bridgehead atoms. The third-order valence-electron chi connectivity index (χ3n) is 0.175. The maximum absolute atomic E-state index is 9.35. The molecule has 0 aromatic rings. The van der Waals surface area contributed by atoms with E-state index in [0.29, 0.717) is 0 Å². The average Bonchev–Trinajstić information content (AvgIpc) is 1.38. The molecule has 28 valence electrons. The second kappa shape index (κ2) is 2.22. The van der Waals surface area contributed by atoms with Gasteiger partial charge in [-0.2, -0.15) is 9.12 Å². The van der Waals surface area contributed by atoms with Crippen molar-refractivity contribution in [1.82, 2.24) is 0 Å². The normalized spacial score (nSPS) is 6.60. The summed E-state index contributed by atoms with van der Waals surface area (Å²) in [5.41, 5.74) is 0. The van der Waals surface area contributed by atoms with Crippen LogP contribution in [0.1, 0.15) is 0 Å². The van der Waals surface area contributed by atoms with Crippen LogP contribution in [0.5, 0.6) is 0 Å². The van der Waals surface area contributed by atoms with Crippen LogP contribution >= 0.6 is 9.12 Å². The van der Waals surface area contributed by atoms with Crippen molar-refractivity contribution >= 4 is 22.0 Å². The molecule has 0 aliphatic heterocycles. The molecule has 0 saturated heterocycles. The lowest BCUT2D eigenvalue weighted by Gasteiger charge is -1.69. The molecule has 0 aliphatic carbocycles. The van der Waals surface area contributed by atoms with Crippen LogP contribution in [-0.2, 0) is 0 Å². The Hall–Kier alpha value is -0.0351. The molecule has 5 heavy (non-hydrogen) atoms. The zero-order valence-electron chi connectivity index (χ0n) is 2.64. The monoisotopic (exact) mass is 90.0 g/mol. The third kappa shape index (κ3) is 3.96. The van der Waals surface area contributed by atoms with Gasteiger partial charge in [0.1, 0.15) is 0 Å². The minimum atomic E-state index is -0.782. The van der Waals surface area contributed by atoms with E-state index < -0.39 is 5.87 Å². The average molecular weight is 89.8 g/mol. The fourth-order valence-electron chi connectivity index (χ4n) is 0. The van der Waals surface area contributed by atoms with Gasteiger partial charge in [-0.05, 0) is 0 Å². The van der Waals surface area contributed by atoms with E-state index in [0.717, 1.165) is 0 Å². The van der Waals surface area contributed by atoms with Crippen molar-refractivity contribution in [2.24, 2.45) is 0 Å². The van der Waals surface area contributed by atoms with Crippen LogP contribution in [0.2, 0.25) is 0 Å². The van der Waals surface area contributed by atoms with Gasteiger partial charge in [0.2, 0.25) is 0 Å². The molecule has 0 aromatic heterocycles. The SMILES string of the molecule is O=C(O)BP. The highest BCUT2D eigenvalue weighted by Gasteiger charge is 1.85. The molecule has 1 atom stereocenters. The predicted octanol–water partition coefficient (Wildman–Crippen LogP) is -0.109. The molecular formula is CH4BO2P. The zero-order chi connectivity index (χ0) is 4.28. The summed E-state index contributed by atoms with van der Waals surface area (Å²) in [5.74, 6) is -0.782. The van der Waals surface area contributed by atoms with E-state index in [9.17, 15) is 4.79 Å². The maximum atomic E-state index is 9.35. The van der Waals surface area contributed by atoms with Gasteiger partial charge in [0.25, 0.3) is 12.9 Å². The first-order valence-corrected chi connectivity index (χ1v) is 2.01. The molecule has 0 aliphatic rings. The minimum Gasteiger partial charge on any atom is -0.489 e. The highest BCUT2D eigenvalue weighted by Crippen LogP contribution is 1.72. The van der Waals surface area contributed by atoms with E-state index in [-0.39, 0.29) is 7.00 Å². The summed E-state index contributed by atoms with van der Waals surface area (Å²) in [7, 11) is 2.09. The quantitative estimate of drug-likeness (QED) is 0.360. The summed E-state index contributed by atoms with van der Waals surface area (Å²) >= 11 is 0. The topological polar surface area (TPSA) is 37.3 Å². The summed E-state index contributed by atoms with van der Waals surface area (Å²) in [6.45, 7) is 0.139. The van der Waals surface area contributed by atoms with Crippen molar-refractivity contribution < 1.29 is 9.90 Å². The number of carboxylic acid groups (broad SMARTS) is 1. The number of hydrogen-bond acceptors (Lipinski definition) is 1. The Morgan fingerprint density at radius 1 is 2.00 bits per heavy atom. The largest absolute Gasteiger partial charge is 0.489 e. The molecule has 0 amide bonds. The van der Waals surface area contributed by atoms with Gasteiger partial charge in [0.05, 0.1) is 0 Å². The second-order valence-electron chi connectivity index (χ2n) is 0.598. The van der Waals surface area contributed by atoms with Gasteiger partial charge in [-0.1, -0.05) is 0 Å². The Balaban J connectivity index is 2.85. The molecule has 0 fully saturated rings. The first-order chi connectivity index (χ1) is 2.27. The summed E-state index contributed by atoms with van der Waals surface area (Å²) in [5, 5.41) is 7.70. The summed E-state index contributed by atoms with van der Waals surface area (Å²) < 4.78 is 0. The molecule has 0 spiro atoms. The molecule has 2 nitrogen and oxygen atoms in total. The van der Waals surface area contributed by atoms with Crippen LogP contribution < -0.4 is 0 Å². The van der Waals surface area contributed by atoms with Crippen molar-refractivity contribution in [1.29, 1.82) is 0 Å². The molecule has 1 unspecified atom stereocenters. The summed E-state index contributed by atoms with van der Waals surface area (Å²) in [6, 6.07) is 0. The molecule has 0 aromatic carbocycles. The highest BCUT2D eigenvalue weighted by molar-refractivity contribution is 7.61. The van der Waals surface area contributed by atoms with Crippen molar-refractivity contribution in [3.8, 4) is 0 Å². The van der Waals surface area contributed by atoms with E-state index in [1.807, 2.05) is 0 Å². The lowest BCUT2D eigenvalue weighted by molar-refractivity contribution is 0.220. The van der Waals surface area contributed by atoms with E-state index >= 15 is 0 Å². The lowest BCUT2D eigenvalue weighted by atomic mass is 10.1. The molecule has 4 heteroatoms.